The lowest BCUT2D eigenvalue weighted by atomic mass is 10.1. The molecule has 1 aliphatic rings. The van der Waals surface area contributed by atoms with Crippen LogP contribution >= 0.6 is 11.3 Å². The van der Waals surface area contributed by atoms with Gasteiger partial charge in [-0.25, -0.2) is 4.79 Å². The Labute approximate surface area is 134 Å². The molecule has 0 radical (unpaired) electrons. The van der Waals surface area contributed by atoms with Crippen LogP contribution in [0, 0.1) is 0 Å². The molecule has 1 amide bonds. The van der Waals surface area contributed by atoms with Gasteiger partial charge in [0.05, 0.1) is 0 Å². The van der Waals surface area contributed by atoms with Gasteiger partial charge in [-0.1, -0.05) is 36.9 Å². The molecular formula is C18H19NO2S. The normalized spacial score (nSPS) is 14.6. The molecule has 0 bridgehead atoms. The largest absolute Gasteiger partial charge is 0.415 e. The molecule has 0 saturated carbocycles. The van der Waals surface area contributed by atoms with Crippen molar-refractivity contribution in [3.05, 3.63) is 53.9 Å². The fourth-order valence-corrected chi connectivity index (χ4v) is 3.30. The van der Waals surface area contributed by atoms with Gasteiger partial charge in [-0.3, -0.25) is 0 Å². The van der Waals surface area contributed by atoms with Crippen LogP contribution in [0.1, 0.15) is 24.8 Å². The Morgan fingerprint density at radius 1 is 1.09 bits per heavy atom. The van der Waals surface area contributed by atoms with Crippen LogP contribution in [0.25, 0.3) is 16.2 Å². The zero-order valence-electron chi connectivity index (χ0n) is 12.5. The maximum absolute atomic E-state index is 12.1. The van der Waals surface area contributed by atoms with Gasteiger partial charge in [0.15, 0.2) is 0 Å². The summed E-state index contributed by atoms with van der Waals surface area (Å²) >= 11 is 1.71. The fraction of sp³-hybridized carbons (Fsp3) is 0.278. The minimum Gasteiger partial charge on any atom is -0.410 e. The van der Waals surface area contributed by atoms with Gasteiger partial charge in [0, 0.05) is 23.5 Å². The first-order valence-corrected chi connectivity index (χ1v) is 8.42. The van der Waals surface area contributed by atoms with Crippen molar-refractivity contribution in [3.8, 4) is 10.4 Å². The van der Waals surface area contributed by atoms with Crippen LogP contribution in [0.2, 0.25) is 0 Å². The minimum absolute atomic E-state index is 0.285. The minimum atomic E-state index is -0.285. The summed E-state index contributed by atoms with van der Waals surface area (Å²) in [5.74, 6) is 0.410. The second-order valence-electron chi connectivity index (χ2n) is 5.39. The molecular weight excluding hydrogens is 294 g/mol. The molecule has 0 atom stereocenters. The number of carbonyl (C=O) groups is 1. The van der Waals surface area contributed by atoms with Gasteiger partial charge in [-0.2, -0.15) is 0 Å². The van der Waals surface area contributed by atoms with Crippen molar-refractivity contribution in [2.75, 3.05) is 13.1 Å². The number of amides is 1. The third kappa shape index (κ3) is 3.39. The molecule has 0 N–H and O–H groups in total. The van der Waals surface area contributed by atoms with Crippen LogP contribution in [0.5, 0.6) is 0 Å². The van der Waals surface area contributed by atoms with E-state index in [1.807, 2.05) is 30.3 Å². The van der Waals surface area contributed by atoms with Crippen LogP contribution in [0.15, 0.2) is 48.4 Å². The SMILES string of the molecule is C=C(OC(=O)N1CCCCC1)c1ccc(-c2cccs2)cc1. The van der Waals surface area contributed by atoms with E-state index in [-0.39, 0.29) is 6.09 Å². The number of ether oxygens (including phenoxy) is 1. The molecule has 114 valence electrons. The zero-order valence-corrected chi connectivity index (χ0v) is 13.3. The van der Waals surface area contributed by atoms with Crippen molar-refractivity contribution in [2.24, 2.45) is 0 Å². The number of hydrogen-bond acceptors (Lipinski definition) is 3. The van der Waals surface area contributed by atoms with Crippen molar-refractivity contribution in [1.82, 2.24) is 4.90 Å². The lowest BCUT2D eigenvalue weighted by Crippen LogP contribution is -2.35. The average molecular weight is 313 g/mol. The standard InChI is InChI=1S/C18H19NO2S/c1-14(21-18(20)19-11-3-2-4-12-19)15-7-9-16(10-8-15)17-6-5-13-22-17/h5-10,13H,1-4,11-12H2. The van der Waals surface area contributed by atoms with Crippen LogP contribution < -0.4 is 0 Å². The smallest absolute Gasteiger partial charge is 0.410 e. The monoisotopic (exact) mass is 313 g/mol. The van der Waals surface area contributed by atoms with Gasteiger partial charge in [-0.05, 0) is 36.3 Å². The van der Waals surface area contributed by atoms with Crippen molar-refractivity contribution in [3.63, 3.8) is 0 Å². The Morgan fingerprint density at radius 2 is 1.82 bits per heavy atom. The van der Waals surface area contributed by atoms with Crippen LogP contribution in [-0.2, 0) is 4.74 Å². The van der Waals surface area contributed by atoms with E-state index in [1.165, 1.54) is 11.3 Å². The Kier molecular flexibility index (Phi) is 4.59. The van der Waals surface area contributed by atoms with Gasteiger partial charge in [0.2, 0.25) is 0 Å². The summed E-state index contributed by atoms with van der Waals surface area (Å²) in [7, 11) is 0. The first-order chi connectivity index (χ1) is 10.7. The highest BCUT2D eigenvalue weighted by Crippen LogP contribution is 2.26. The predicted octanol–water partition coefficient (Wildman–Crippen LogP) is 5.01. The Balaban J connectivity index is 1.63. The molecule has 1 aromatic carbocycles. The van der Waals surface area contributed by atoms with E-state index < -0.39 is 0 Å². The van der Waals surface area contributed by atoms with Gasteiger partial charge in [0.25, 0.3) is 0 Å². The summed E-state index contributed by atoms with van der Waals surface area (Å²) in [6.07, 6.45) is 3.01. The molecule has 2 aromatic rings. The second kappa shape index (κ2) is 6.79. The molecule has 3 nitrogen and oxygen atoms in total. The van der Waals surface area contributed by atoms with E-state index in [1.54, 1.807) is 16.2 Å². The highest BCUT2D eigenvalue weighted by Gasteiger charge is 2.19. The molecule has 0 aliphatic carbocycles. The van der Waals surface area contributed by atoms with Crippen LogP contribution in [-0.4, -0.2) is 24.1 Å². The van der Waals surface area contributed by atoms with Crippen molar-refractivity contribution in [2.45, 2.75) is 19.3 Å². The third-order valence-electron chi connectivity index (χ3n) is 3.84. The second-order valence-corrected chi connectivity index (χ2v) is 6.34. The summed E-state index contributed by atoms with van der Waals surface area (Å²) in [6, 6.07) is 12.1. The average Bonchev–Trinajstić information content (AvgIpc) is 3.10. The molecule has 0 spiro atoms. The highest BCUT2D eigenvalue weighted by atomic mass is 32.1. The summed E-state index contributed by atoms with van der Waals surface area (Å²) in [5, 5.41) is 2.06. The maximum Gasteiger partial charge on any atom is 0.415 e. The topological polar surface area (TPSA) is 29.5 Å². The van der Waals surface area contributed by atoms with Crippen molar-refractivity contribution in [1.29, 1.82) is 0 Å². The molecule has 0 unspecified atom stereocenters. The van der Waals surface area contributed by atoms with E-state index >= 15 is 0 Å². The van der Waals surface area contributed by atoms with E-state index in [0.717, 1.165) is 37.1 Å². The zero-order chi connectivity index (χ0) is 15.4. The molecule has 2 heterocycles. The number of carbonyl (C=O) groups excluding carboxylic acids is 1. The Bertz CT molecular complexity index is 640. The van der Waals surface area contributed by atoms with E-state index in [9.17, 15) is 4.79 Å². The first-order valence-electron chi connectivity index (χ1n) is 7.54. The number of likely N-dealkylation sites (tertiary alicyclic amines) is 1. The summed E-state index contributed by atoms with van der Waals surface area (Å²) < 4.78 is 5.40. The molecule has 1 aromatic heterocycles. The van der Waals surface area contributed by atoms with Crippen LogP contribution in [0.4, 0.5) is 4.79 Å². The lowest BCUT2D eigenvalue weighted by Gasteiger charge is -2.26. The molecule has 4 heteroatoms. The van der Waals surface area contributed by atoms with E-state index in [0.29, 0.717) is 5.76 Å². The summed E-state index contributed by atoms with van der Waals surface area (Å²) in [6.45, 7) is 5.45. The lowest BCUT2D eigenvalue weighted by molar-refractivity contribution is 0.134. The number of nitrogens with zero attached hydrogens (tertiary/aromatic N) is 1. The van der Waals surface area contributed by atoms with Gasteiger partial charge >= 0.3 is 6.09 Å². The van der Waals surface area contributed by atoms with Crippen LogP contribution in [0.3, 0.4) is 0 Å². The van der Waals surface area contributed by atoms with E-state index in [2.05, 4.69) is 18.0 Å². The number of thiophene rings is 1. The van der Waals surface area contributed by atoms with Crippen molar-refractivity contribution >= 4 is 23.2 Å². The maximum atomic E-state index is 12.1. The first kappa shape index (κ1) is 14.9. The highest BCUT2D eigenvalue weighted by molar-refractivity contribution is 7.13. The van der Waals surface area contributed by atoms with Gasteiger partial charge in [0.1, 0.15) is 5.76 Å². The molecule has 1 fully saturated rings. The number of rotatable bonds is 3. The quantitative estimate of drug-likeness (QED) is 0.746. The number of hydrogen-bond donors (Lipinski definition) is 0. The predicted molar refractivity (Wildman–Crippen MR) is 90.7 cm³/mol. The van der Waals surface area contributed by atoms with Gasteiger partial charge < -0.3 is 9.64 Å². The Morgan fingerprint density at radius 3 is 2.45 bits per heavy atom. The van der Waals surface area contributed by atoms with E-state index in [4.69, 9.17) is 4.74 Å². The molecule has 22 heavy (non-hydrogen) atoms. The van der Waals surface area contributed by atoms with Gasteiger partial charge in [-0.15, -0.1) is 11.3 Å². The molecule has 3 rings (SSSR count). The number of piperidine rings is 1. The Hall–Kier alpha value is -2.07. The van der Waals surface area contributed by atoms with Crippen molar-refractivity contribution < 1.29 is 9.53 Å². The summed E-state index contributed by atoms with van der Waals surface area (Å²) in [4.78, 5) is 15.1. The third-order valence-corrected chi connectivity index (χ3v) is 4.76. The summed E-state index contributed by atoms with van der Waals surface area (Å²) in [5.41, 5.74) is 2.00. The number of benzene rings is 1. The fourth-order valence-electron chi connectivity index (χ4n) is 2.57. The molecule has 1 saturated heterocycles. The molecule has 1 aliphatic heterocycles.